The number of benzene rings is 3. The maximum absolute atomic E-state index is 14.0. The molecule has 0 aliphatic rings. The quantitative estimate of drug-likeness (QED) is 0.330. The highest BCUT2D eigenvalue weighted by atomic mass is 35.5. The summed E-state index contributed by atoms with van der Waals surface area (Å²) < 4.78 is 27.1. The van der Waals surface area contributed by atoms with Gasteiger partial charge in [-0.1, -0.05) is 91.6 Å². The Morgan fingerprint density at radius 3 is 2.13 bits per heavy atom. The molecule has 0 heterocycles. The SMILES string of the molecule is CNC(=O)[C@H](Cc1ccccc1)N(Cc1ccc(Cl)c(Cl)c1)C(=O)CN(c1ccccc1C(C)C)S(C)(=O)=O. The zero-order valence-electron chi connectivity index (χ0n) is 22.4. The Morgan fingerprint density at radius 2 is 1.54 bits per heavy atom. The van der Waals surface area contributed by atoms with Gasteiger partial charge in [0.15, 0.2) is 0 Å². The van der Waals surface area contributed by atoms with Gasteiger partial charge in [0, 0.05) is 20.0 Å². The van der Waals surface area contributed by atoms with E-state index in [0.717, 1.165) is 21.7 Å². The molecule has 1 N–H and O–H groups in total. The lowest BCUT2D eigenvalue weighted by Gasteiger charge is -2.34. The van der Waals surface area contributed by atoms with Crippen LogP contribution in [0.3, 0.4) is 0 Å². The topological polar surface area (TPSA) is 86.8 Å². The Labute approximate surface area is 240 Å². The van der Waals surface area contributed by atoms with Crippen LogP contribution in [0.5, 0.6) is 0 Å². The van der Waals surface area contributed by atoms with Crippen LogP contribution in [0.1, 0.15) is 36.5 Å². The molecular weight excluding hydrogens is 557 g/mol. The number of likely N-dealkylation sites (N-methyl/N-ethyl adjacent to an activating group) is 1. The van der Waals surface area contributed by atoms with E-state index in [9.17, 15) is 18.0 Å². The van der Waals surface area contributed by atoms with Crippen LogP contribution in [0, 0.1) is 0 Å². The molecule has 0 bridgehead atoms. The molecule has 0 unspecified atom stereocenters. The molecule has 0 aliphatic carbocycles. The summed E-state index contributed by atoms with van der Waals surface area (Å²) in [5, 5.41) is 3.32. The van der Waals surface area contributed by atoms with Crippen molar-refractivity contribution in [3.63, 3.8) is 0 Å². The van der Waals surface area contributed by atoms with E-state index < -0.39 is 28.5 Å². The minimum Gasteiger partial charge on any atom is -0.357 e. The molecule has 7 nitrogen and oxygen atoms in total. The Morgan fingerprint density at radius 1 is 0.897 bits per heavy atom. The highest BCUT2D eigenvalue weighted by molar-refractivity contribution is 7.92. The number of para-hydroxylation sites is 1. The van der Waals surface area contributed by atoms with Gasteiger partial charge < -0.3 is 10.2 Å². The van der Waals surface area contributed by atoms with Gasteiger partial charge in [0.05, 0.1) is 22.0 Å². The highest BCUT2D eigenvalue weighted by Gasteiger charge is 2.33. The molecule has 0 radical (unpaired) electrons. The average Bonchev–Trinajstić information content (AvgIpc) is 2.90. The minimum atomic E-state index is -3.85. The third-order valence-corrected chi connectivity index (χ3v) is 8.23. The molecule has 0 aromatic heterocycles. The maximum Gasteiger partial charge on any atom is 0.244 e. The molecule has 3 aromatic carbocycles. The summed E-state index contributed by atoms with van der Waals surface area (Å²) in [7, 11) is -2.35. The van der Waals surface area contributed by atoms with Crippen molar-refractivity contribution in [2.75, 3.05) is 24.2 Å². The number of anilines is 1. The summed E-state index contributed by atoms with van der Waals surface area (Å²) in [4.78, 5) is 28.6. The van der Waals surface area contributed by atoms with E-state index in [0.29, 0.717) is 21.3 Å². The van der Waals surface area contributed by atoms with Gasteiger partial charge in [-0.15, -0.1) is 0 Å². The lowest BCUT2D eigenvalue weighted by Crippen LogP contribution is -2.53. The predicted molar refractivity (Wildman–Crippen MR) is 158 cm³/mol. The van der Waals surface area contributed by atoms with Crippen molar-refractivity contribution in [2.45, 2.75) is 38.8 Å². The van der Waals surface area contributed by atoms with E-state index in [1.807, 2.05) is 56.3 Å². The smallest absolute Gasteiger partial charge is 0.244 e. The minimum absolute atomic E-state index is 0.0179. The molecule has 3 aromatic rings. The van der Waals surface area contributed by atoms with E-state index in [1.165, 1.54) is 11.9 Å². The first-order valence-electron chi connectivity index (χ1n) is 12.5. The monoisotopic (exact) mass is 589 g/mol. The van der Waals surface area contributed by atoms with Crippen molar-refractivity contribution in [3.8, 4) is 0 Å². The van der Waals surface area contributed by atoms with Crippen molar-refractivity contribution in [3.05, 3.63) is 99.5 Å². The van der Waals surface area contributed by atoms with Crippen LogP contribution in [0.2, 0.25) is 10.0 Å². The Bertz CT molecular complexity index is 1420. The molecule has 208 valence electrons. The number of halogens is 2. The van der Waals surface area contributed by atoms with Crippen LogP contribution < -0.4 is 9.62 Å². The van der Waals surface area contributed by atoms with Gasteiger partial charge in [0.1, 0.15) is 12.6 Å². The fourth-order valence-electron chi connectivity index (χ4n) is 4.35. The molecule has 39 heavy (non-hydrogen) atoms. The highest BCUT2D eigenvalue weighted by Crippen LogP contribution is 2.30. The number of nitrogens with zero attached hydrogens (tertiary/aromatic N) is 2. The lowest BCUT2D eigenvalue weighted by molar-refractivity contribution is -0.139. The lowest BCUT2D eigenvalue weighted by atomic mass is 10.0. The fraction of sp³-hybridized carbons (Fsp3) is 0.310. The summed E-state index contributed by atoms with van der Waals surface area (Å²) in [5.74, 6) is -0.889. The molecule has 0 aliphatic heterocycles. The van der Waals surface area contributed by atoms with E-state index in [4.69, 9.17) is 23.2 Å². The molecule has 0 saturated heterocycles. The van der Waals surface area contributed by atoms with Crippen LogP contribution in [0.15, 0.2) is 72.8 Å². The molecule has 10 heteroatoms. The zero-order chi connectivity index (χ0) is 28.7. The van der Waals surface area contributed by atoms with Gasteiger partial charge >= 0.3 is 0 Å². The molecular formula is C29H33Cl2N3O4S. The van der Waals surface area contributed by atoms with E-state index >= 15 is 0 Å². The Balaban J connectivity index is 2.08. The largest absolute Gasteiger partial charge is 0.357 e. The summed E-state index contributed by atoms with van der Waals surface area (Å²) in [6.45, 7) is 3.45. The first-order chi connectivity index (χ1) is 18.4. The molecule has 3 rings (SSSR count). The van der Waals surface area contributed by atoms with Gasteiger partial charge in [-0.25, -0.2) is 8.42 Å². The van der Waals surface area contributed by atoms with Crippen LogP contribution >= 0.6 is 23.2 Å². The number of carbonyl (C=O) groups excluding carboxylic acids is 2. The third-order valence-electron chi connectivity index (χ3n) is 6.36. The van der Waals surface area contributed by atoms with Crippen molar-refractivity contribution >= 4 is 50.7 Å². The fourth-order valence-corrected chi connectivity index (χ4v) is 5.54. The summed E-state index contributed by atoms with van der Waals surface area (Å²) in [5.41, 5.74) is 2.72. The summed E-state index contributed by atoms with van der Waals surface area (Å²) >= 11 is 12.3. The second-order valence-electron chi connectivity index (χ2n) is 9.57. The standard InChI is InChI=1S/C29H33Cl2N3O4S/c1-20(2)23-12-8-9-13-26(23)34(39(4,37)38)19-28(35)33(18-22-14-15-24(30)25(31)16-22)27(29(36)32-3)17-21-10-6-5-7-11-21/h5-16,20,27H,17-19H2,1-4H3,(H,32,36)/t27-/m0/s1. The molecule has 0 spiro atoms. The zero-order valence-corrected chi connectivity index (χ0v) is 24.7. The van der Waals surface area contributed by atoms with Gasteiger partial charge in [0.25, 0.3) is 0 Å². The van der Waals surface area contributed by atoms with Crippen LogP contribution in [0.4, 0.5) is 5.69 Å². The van der Waals surface area contributed by atoms with E-state index in [-0.39, 0.29) is 24.8 Å². The molecule has 2 amide bonds. The predicted octanol–water partition coefficient (Wildman–Crippen LogP) is 5.27. The summed E-state index contributed by atoms with van der Waals surface area (Å²) in [6.07, 6.45) is 1.30. The van der Waals surface area contributed by atoms with Crippen molar-refractivity contribution in [1.29, 1.82) is 0 Å². The molecule has 0 fully saturated rings. The average molecular weight is 591 g/mol. The van der Waals surface area contributed by atoms with Gasteiger partial charge in [-0.3, -0.25) is 13.9 Å². The molecule has 0 saturated carbocycles. The van der Waals surface area contributed by atoms with Crippen LogP contribution in [0.25, 0.3) is 0 Å². The van der Waals surface area contributed by atoms with Crippen molar-refractivity contribution in [1.82, 2.24) is 10.2 Å². The third kappa shape index (κ3) is 7.97. The van der Waals surface area contributed by atoms with Crippen LogP contribution in [-0.2, 0) is 32.6 Å². The number of hydrogen-bond donors (Lipinski definition) is 1. The number of rotatable bonds is 11. The number of nitrogens with one attached hydrogen (secondary N) is 1. The van der Waals surface area contributed by atoms with Gasteiger partial charge in [0.2, 0.25) is 21.8 Å². The Hall–Kier alpha value is -3.07. The van der Waals surface area contributed by atoms with Crippen molar-refractivity contribution < 1.29 is 18.0 Å². The maximum atomic E-state index is 14.0. The first-order valence-corrected chi connectivity index (χ1v) is 15.1. The number of sulfonamides is 1. The normalized spacial score (nSPS) is 12.2. The van der Waals surface area contributed by atoms with Crippen LogP contribution in [-0.4, -0.2) is 51.0 Å². The number of carbonyl (C=O) groups is 2. The van der Waals surface area contributed by atoms with E-state index in [2.05, 4.69) is 5.32 Å². The Kier molecular flexibility index (Phi) is 10.4. The summed E-state index contributed by atoms with van der Waals surface area (Å²) in [6, 6.07) is 20.5. The second-order valence-corrected chi connectivity index (χ2v) is 12.3. The van der Waals surface area contributed by atoms with Crippen molar-refractivity contribution in [2.24, 2.45) is 0 Å². The first kappa shape index (κ1) is 30.5. The molecule has 1 atom stereocenters. The number of hydrogen-bond acceptors (Lipinski definition) is 4. The van der Waals surface area contributed by atoms with E-state index in [1.54, 1.807) is 30.3 Å². The van der Waals surface area contributed by atoms with Gasteiger partial charge in [-0.05, 0) is 40.8 Å². The number of amides is 2. The van der Waals surface area contributed by atoms with Gasteiger partial charge in [-0.2, -0.15) is 0 Å². The second kappa shape index (κ2) is 13.3.